The number of benzene rings is 2. The third-order valence-electron chi connectivity index (χ3n) is 11.6. The number of carbonyl (C=O) groups is 4. The number of furan rings is 1. The third kappa shape index (κ3) is 7.32. The van der Waals surface area contributed by atoms with Crippen LogP contribution in [-0.4, -0.2) is 93.1 Å². The van der Waals surface area contributed by atoms with Crippen molar-refractivity contribution in [2.75, 3.05) is 27.3 Å². The van der Waals surface area contributed by atoms with Crippen LogP contribution in [0, 0.1) is 11.8 Å². The zero-order valence-electron chi connectivity index (χ0n) is 34.3. The number of H-pyrrole nitrogens is 2. The minimum absolute atomic E-state index is 0.153. The lowest BCUT2D eigenvalue weighted by molar-refractivity contribution is -0.136. The van der Waals surface area contributed by atoms with Gasteiger partial charge in [0.1, 0.15) is 40.3 Å². The van der Waals surface area contributed by atoms with Crippen LogP contribution >= 0.6 is 0 Å². The monoisotopic (exact) mass is 820 g/mol. The van der Waals surface area contributed by atoms with Crippen LogP contribution in [0.25, 0.3) is 55.4 Å². The number of aromatic amines is 2. The summed E-state index contributed by atoms with van der Waals surface area (Å²) in [6.07, 6.45) is 5.07. The first-order valence-corrected chi connectivity index (χ1v) is 20.2. The first kappa shape index (κ1) is 40.1. The summed E-state index contributed by atoms with van der Waals surface area (Å²) in [5.74, 6) is 0.543. The summed E-state index contributed by atoms with van der Waals surface area (Å²) in [5.41, 5.74) is 3.56. The van der Waals surface area contributed by atoms with Gasteiger partial charge in [0, 0.05) is 29.6 Å². The van der Waals surface area contributed by atoms with Gasteiger partial charge in [-0.25, -0.2) is 24.4 Å². The van der Waals surface area contributed by atoms with Gasteiger partial charge < -0.3 is 48.7 Å². The first-order valence-electron chi connectivity index (χ1n) is 20.2. The second kappa shape index (κ2) is 16.2. The summed E-state index contributed by atoms with van der Waals surface area (Å²) in [6, 6.07) is 8.94. The molecule has 4 N–H and O–H groups in total. The fraction of sp³-hybridized carbons (Fsp3) is 0.419. The lowest BCUT2D eigenvalue weighted by Gasteiger charge is -2.30. The molecule has 2 aliphatic rings. The number of amides is 4. The van der Waals surface area contributed by atoms with E-state index in [-0.39, 0.29) is 35.7 Å². The molecule has 314 valence electrons. The number of ether oxygens (including phenoxy) is 2. The van der Waals surface area contributed by atoms with Crippen molar-refractivity contribution in [1.82, 2.24) is 40.4 Å². The SMILES string of the molecule is COC(=O)NC(C(=O)N1CCC[C@H]1c1ncc(-c2ccc3c(c2)oc(=O)c2c4cc(-c5cnc([C@@H]6CCCN6C(=O)C(NC(=O)OC)C(C)C)[nH]5)ccc4oc32)[nH]1)C(C)C. The van der Waals surface area contributed by atoms with Crippen molar-refractivity contribution in [2.45, 2.75) is 77.5 Å². The molecule has 0 radical (unpaired) electrons. The molecule has 17 nitrogen and oxygen atoms in total. The van der Waals surface area contributed by atoms with Crippen LogP contribution in [0.2, 0.25) is 0 Å². The van der Waals surface area contributed by atoms with Crippen LogP contribution in [-0.2, 0) is 19.1 Å². The van der Waals surface area contributed by atoms with E-state index in [1.165, 1.54) is 14.2 Å². The van der Waals surface area contributed by atoms with E-state index in [0.29, 0.717) is 81.9 Å². The van der Waals surface area contributed by atoms with E-state index < -0.39 is 29.9 Å². The van der Waals surface area contributed by atoms with Gasteiger partial charge in [0.15, 0.2) is 5.58 Å². The van der Waals surface area contributed by atoms with Crippen LogP contribution < -0.4 is 16.3 Å². The number of likely N-dealkylation sites (tertiary alicyclic amines) is 2. The van der Waals surface area contributed by atoms with Crippen molar-refractivity contribution in [3.05, 3.63) is 70.9 Å². The third-order valence-corrected chi connectivity index (χ3v) is 11.6. The molecule has 0 aliphatic carbocycles. The maximum atomic E-state index is 13.7. The van der Waals surface area contributed by atoms with E-state index in [2.05, 4.69) is 30.6 Å². The molecule has 17 heteroatoms. The van der Waals surface area contributed by atoms with Gasteiger partial charge in [-0.15, -0.1) is 0 Å². The number of alkyl carbamates (subject to hydrolysis) is 2. The number of hydrogen-bond donors (Lipinski definition) is 4. The molecular weight excluding hydrogens is 773 g/mol. The van der Waals surface area contributed by atoms with Crippen molar-refractivity contribution in [3.8, 4) is 22.5 Å². The average molecular weight is 821 g/mol. The number of aromatic nitrogens is 4. The minimum Gasteiger partial charge on any atom is -0.455 e. The molecular formula is C43H48N8O9. The molecule has 4 amide bonds. The molecule has 4 aromatic heterocycles. The van der Waals surface area contributed by atoms with Crippen LogP contribution in [0.1, 0.15) is 77.1 Å². The topological polar surface area (TPSA) is 218 Å². The van der Waals surface area contributed by atoms with Gasteiger partial charge in [0.2, 0.25) is 11.8 Å². The van der Waals surface area contributed by atoms with Crippen LogP contribution in [0.3, 0.4) is 0 Å². The van der Waals surface area contributed by atoms with E-state index in [0.717, 1.165) is 24.0 Å². The molecule has 6 aromatic rings. The van der Waals surface area contributed by atoms with Crippen LogP contribution in [0.15, 0.2) is 62.4 Å². The summed E-state index contributed by atoms with van der Waals surface area (Å²) < 4.78 is 21.7. The van der Waals surface area contributed by atoms with E-state index >= 15 is 0 Å². The Bertz CT molecular complexity index is 2670. The Morgan fingerprint density at radius 3 is 1.75 bits per heavy atom. The van der Waals surface area contributed by atoms with Gasteiger partial charge >= 0.3 is 17.8 Å². The number of nitrogens with zero attached hydrogens (tertiary/aromatic N) is 4. The van der Waals surface area contributed by atoms with Crippen molar-refractivity contribution in [3.63, 3.8) is 0 Å². The van der Waals surface area contributed by atoms with Gasteiger partial charge in [-0.05, 0) is 67.9 Å². The maximum Gasteiger partial charge on any atom is 0.407 e. The Balaban J connectivity index is 1.04. The van der Waals surface area contributed by atoms with E-state index in [4.69, 9.17) is 18.3 Å². The lowest BCUT2D eigenvalue weighted by Crippen LogP contribution is -2.51. The number of imidazole rings is 2. The fourth-order valence-corrected chi connectivity index (χ4v) is 8.46. The zero-order chi connectivity index (χ0) is 42.4. The van der Waals surface area contributed by atoms with E-state index in [1.807, 2.05) is 52.0 Å². The van der Waals surface area contributed by atoms with E-state index in [1.54, 1.807) is 34.3 Å². The second-order valence-corrected chi connectivity index (χ2v) is 16.1. The lowest BCUT2D eigenvalue weighted by atomic mass is 10.0. The Kier molecular flexibility index (Phi) is 10.8. The molecule has 2 aliphatic heterocycles. The van der Waals surface area contributed by atoms with Crippen molar-refractivity contribution < 1.29 is 37.5 Å². The summed E-state index contributed by atoms with van der Waals surface area (Å²) in [4.78, 5) is 84.5. The normalized spacial score (nSPS) is 17.9. The summed E-state index contributed by atoms with van der Waals surface area (Å²) in [5, 5.41) is 6.86. The summed E-state index contributed by atoms with van der Waals surface area (Å²) in [6.45, 7) is 8.55. The van der Waals surface area contributed by atoms with Crippen molar-refractivity contribution in [1.29, 1.82) is 0 Å². The Morgan fingerprint density at radius 1 is 0.717 bits per heavy atom. The Hall–Kier alpha value is -6.65. The highest BCUT2D eigenvalue weighted by atomic mass is 16.5. The molecule has 2 aromatic carbocycles. The average Bonchev–Trinajstić information content (AvgIpc) is 4.09. The highest BCUT2D eigenvalue weighted by Crippen LogP contribution is 2.38. The highest BCUT2D eigenvalue weighted by Gasteiger charge is 2.39. The maximum absolute atomic E-state index is 13.7. The van der Waals surface area contributed by atoms with Gasteiger partial charge in [-0.2, -0.15) is 0 Å². The largest absolute Gasteiger partial charge is 0.455 e. The summed E-state index contributed by atoms with van der Waals surface area (Å²) >= 11 is 0. The van der Waals surface area contributed by atoms with Crippen molar-refractivity contribution >= 4 is 56.9 Å². The van der Waals surface area contributed by atoms with Crippen LogP contribution in [0.5, 0.6) is 0 Å². The predicted octanol–water partition coefficient (Wildman–Crippen LogP) is 6.56. The number of carbonyl (C=O) groups excluding carboxylic acids is 4. The molecule has 2 unspecified atom stereocenters. The number of nitrogens with one attached hydrogen (secondary N) is 4. The van der Waals surface area contributed by atoms with Gasteiger partial charge in [0.25, 0.3) is 0 Å². The number of rotatable bonds is 10. The quantitative estimate of drug-likeness (QED) is 0.109. The van der Waals surface area contributed by atoms with Crippen LogP contribution in [0.4, 0.5) is 9.59 Å². The molecule has 2 saturated heterocycles. The molecule has 2 fully saturated rings. The molecule has 0 spiro atoms. The standard InChI is InChI=1S/C43H48N8O9/c1-21(2)34(48-42(55)57-5)39(52)50-15-7-9-29(50)37-44-19-27(46-37)23-12-14-31-26(17-23)33-36(59-31)25-13-11-24(18-32(25)60-41(33)54)28-20-45-38(47-28)30-10-8-16-51(30)40(53)35(22(3)4)49-43(56)58-6/h11-14,17-22,29-30,34-35H,7-10,15-16H2,1-6H3,(H,44,46)(H,45,47)(H,48,55)(H,49,56)/t29-,30-,34?,35?/m0/s1. The smallest absolute Gasteiger partial charge is 0.407 e. The Labute approximate surface area is 344 Å². The van der Waals surface area contributed by atoms with Crippen molar-refractivity contribution in [2.24, 2.45) is 11.8 Å². The number of methoxy groups -OCH3 is 2. The molecule has 4 atom stereocenters. The molecule has 60 heavy (non-hydrogen) atoms. The van der Waals surface area contributed by atoms with Gasteiger partial charge in [-0.1, -0.05) is 33.8 Å². The summed E-state index contributed by atoms with van der Waals surface area (Å²) in [7, 11) is 2.53. The molecule has 0 saturated carbocycles. The first-order chi connectivity index (χ1) is 28.9. The predicted molar refractivity (Wildman–Crippen MR) is 221 cm³/mol. The number of fused-ring (bicyclic) bond motifs is 5. The van der Waals surface area contributed by atoms with Gasteiger partial charge in [-0.3, -0.25) is 9.59 Å². The highest BCUT2D eigenvalue weighted by molar-refractivity contribution is 6.13. The Morgan fingerprint density at radius 2 is 1.23 bits per heavy atom. The molecule has 0 bridgehead atoms. The minimum atomic E-state index is -0.745. The molecule has 6 heterocycles. The molecule has 8 rings (SSSR count). The fourth-order valence-electron chi connectivity index (χ4n) is 8.46. The zero-order valence-corrected chi connectivity index (χ0v) is 34.3. The second-order valence-electron chi connectivity index (χ2n) is 16.1. The van der Waals surface area contributed by atoms with Gasteiger partial charge in [0.05, 0.1) is 55.5 Å². The van der Waals surface area contributed by atoms with E-state index in [9.17, 15) is 24.0 Å². The number of hydrogen-bond acceptors (Lipinski definition) is 11.